The van der Waals surface area contributed by atoms with Crippen molar-refractivity contribution in [3.05, 3.63) is 36.5 Å². The summed E-state index contributed by atoms with van der Waals surface area (Å²) in [6.07, 6.45) is 0. The van der Waals surface area contributed by atoms with Crippen molar-refractivity contribution < 1.29 is 9.13 Å². The van der Waals surface area contributed by atoms with E-state index in [2.05, 4.69) is 11.8 Å². The fourth-order valence-electron chi connectivity index (χ4n) is 1.55. The highest BCUT2D eigenvalue weighted by Crippen LogP contribution is 2.18. The average molecular weight is 194 g/mol. The van der Waals surface area contributed by atoms with Gasteiger partial charge in [0, 0.05) is 18.8 Å². The maximum atomic E-state index is 13.2. The van der Waals surface area contributed by atoms with Gasteiger partial charge in [-0.15, -0.1) is 0 Å². The molecule has 14 heavy (non-hydrogen) atoms. The molecule has 0 bridgehead atoms. The van der Waals surface area contributed by atoms with Gasteiger partial charge in [-0.25, -0.2) is 4.39 Å². The van der Waals surface area contributed by atoms with Gasteiger partial charge < -0.3 is 9.64 Å². The summed E-state index contributed by atoms with van der Waals surface area (Å²) in [5, 5.41) is 0. The van der Waals surface area contributed by atoms with Gasteiger partial charge in [0.1, 0.15) is 5.82 Å². The first-order valence-corrected chi connectivity index (χ1v) is 4.71. The molecule has 2 nitrogen and oxygen atoms in total. The Hall–Kier alpha value is -1.09. The first kappa shape index (κ1) is 9.46. The van der Waals surface area contributed by atoms with Crippen molar-refractivity contribution in [2.24, 2.45) is 0 Å². The third-order valence-corrected chi connectivity index (χ3v) is 2.41. The van der Waals surface area contributed by atoms with Gasteiger partial charge in [-0.05, 0) is 24.6 Å². The van der Waals surface area contributed by atoms with E-state index >= 15 is 0 Å². The topological polar surface area (TPSA) is 12.5 Å². The first-order chi connectivity index (χ1) is 6.77. The molecule has 0 N–H and O–H groups in total. The van der Waals surface area contributed by atoms with Gasteiger partial charge >= 0.3 is 0 Å². The largest absolute Gasteiger partial charge is 0.378 e. The van der Waals surface area contributed by atoms with E-state index < -0.39 is 0 Å². The molecule has 0 aromatic heterocycles. The Morgan fingerprint density at radius 3 is 2.64 bits per heavy atom. The fraction of sp³-hybridized carbons (Fsp3) is 0.364. The Bertz CT molecular complexity index is 321. The van der Waals surface area contributed by atoms with Crippen LogP contribution in [-0.2, 0) is 4.74 Å². The van der Waals surface area contributed by atoms with Gasteiger partial charge in [0.25, 0.3) is 0 Å². The molecule has 1 heterocycles. The molecule has 1 aliphatic rings. The number of nitrogens with zero attached hydrogens (tertiary/aromatic N) is 1. The molecule has 0 unspecified atom stereocenters. The number of benzene rings is 1. The Morgan fingerprint density at radius 2 is 2.00 bits per heavy atom. The highest BCUT2D eigenvalue weighted by molar-refractivity contribution is 5.48. The van der Waals surface area contributed by atoms with Crippen molar-refractivity contribution >= 4 is 5.69 Å². The van der Waals surface area contributed by atoms with Crippen molar-refractivity contribution in [2.75, 3.05) is 31.2 Å². The minimum Gasteiger partial charge on any atom is -0.378 e. The summed E-state index contributed by atoms with van der Waals surface area (Å²) in [6, 6.07) is 5.14. The molecule has 0 saturated carbocycles. The molecule has 1 aromatic carbocycles. The predicted octanol–water partition coefficient (Wildman–Crippen LogP) is 1.84. The molecule has 0 aliphatic carbocycles. The summed E-state index contributed by atoms with van der Waals surface area (Å²) in [5.74, 6) is -0.242. The van der Waals surface area contributed by atoms with Crippen LogP contribution >= 0.6 is 0 Å². The molecule has 1 fully saturated rings. The molecular weight excluding hydrogens is 181 g/mol. The lowest BCUT2D eigenvalue weighted by molar-refractivity contribution is 0.122. The van der Waals surface area contributed by atoms with Gasteiger partial charge in [-0.2, -0.15) is 0 Å². The van der Waals surface area contributed by atoms with E-state index in [1.54, 1.807) is 6.07 Å². The van der Waals surface area contributed by atoms with E-state index in [0.717, 1.165) is 18.8 Å². The van der Waals surface area contributed by atoms with E-state index in [4.69, 9.17) is 4.74 Å². The zero-order valence-corrected chi connectivity index (χ0v) is 8.00. The summed E-state index contributed by atoms with van der Waals surface area (Å²) in [6.45, 7) is 6.68. The molecule has 2 rings (SSSR count). The Balaban J connectivity index is 2.18. The number of hydrogen-bond acceptors (Lipinski definition) is 2. The third-order valence-electron chi connectivity index (χ3n) is 2.41. The van der Waals surface area contributed by atoms with Crippen LogP contribution in [0, 0.1) is 12.7 Å². The minimum absolute atomic E-state index is 0.242. The van der Waals surface area contributed by atoms with E-state index in [1.807, 2.05) is 6.07 Å². The van der Waals surface area contributed by atoms with Crippen LogP contribution in [0.1, 0.15) is 5.56 Å². The van der Waals surface area contributed by atoms with Crippen LogP contribution in [0.25, 0.3) is 0 Å². The number of morpholine rings is 1. The van der Waals surface area contributed by atoms with Gasteiger partial charge in [-0.3, -0.25) is 0 Å². The molecule has 0 spiro atoms. The maximum absolute atomic E-state index is 13.2. The summed E-state index contributed by atoms with van der Waals surface area (Å²) in [5.41, 5.74) is 1.36. The quantitative estimate of drug-likeness (QED) is 0.676. The lowest BCUT2D eigenvalue weighted by Crippen LogP contribution is -2.36. The normalized spacial score (nSPS) is 17.1. The minimum atomic E-state index is -0.242. The fourth-order valence-corrected chi connectivity index (χ4v) is 1.55. The summed E-state index contributed by atoms with van der Waals surface area (Å²) < 4.78 is 18.4. The Labute approximate surface area is 83.3 Å². The lowest BCUT2D eigenvalue weighted by atomic mass is 10.2. The molecule has 1 saturated heterocycles. The second-order valence-electron chi connectivity index (χ2n) is 3.38. The third kappa shape index (κ3) is 1.87. The Kier molecular flexibility index (Phi) is 2.68. The predicted molar refractivity (Wildman–Crippen MR) is 53.9 cm³/mol. The number of ether oxygens (including phenoxy) is 1. The number of halogens is 1. The van der Waals surface area contributed by atoms with Crippen LogP contribution in [0.5, 0.6) is 0 Å². The number of hydrogen-bond donors (Lipinski definition) is 0. The summed E-state index contributed by atoms with van der Waals surface area (Å²) in [7, 11) is 0. The summed E-state index contributed by atoms with van der Waals surface area (Å²) in [4.78, 5) is 2.12. The van der Waals surface area contributed by atoms with Crippen LogP contribution in [0.2, 0.25) is 0 Å². The molecule has 0 amide bonds. The molecule has 0 atom stereocenters. The highest BCUT2D eigenvalue weighted by Gasteiger charge is 2.11. The van der Waals surface area contributed by atoms with E-state index in [9.17, 15) is 4.39 Å². The van der Waals surface area contributed by atoms with Gasteiger partial charge in [0.05, 0.1) is 13.2 Å². The number of anilines is 1. The molecular formula is C11H13FNO. The smallest absolute Gasteiger partial charge is 0.128 e. The molecule has 3 heteroatoms. The summed E-state index contributed by atoms with van der Waals surface area (Å²) >= 11 is 0. The maximum Gasteiger partial charge on any atom is 0.128 e. The van der Waals surface area contributed by atoms with Crippen molar-refractivity contribution in [3.63, 3.8) is 0 Å². The van der Waals surface area contributed by atoms with Crippen LogP contribution in [0.4, 0.5) is 10.1 Å². The molecule has 1 aromatic rings. The van der Waals surface area contributed by atoms with Gasteiger partial charge in [-0.1, -0.05) is 6.07 Å². The van der Waals surface area contributed by atoms with E-state index in [1.165, 1.54) is 6.07 Å². The molecule has 75 valence electrons. The lowest BCUT2D eigenvalue weighted by Gasteiger charge is -2.28. The van der Waals surface area contributed by atoms with Crippen molar-refractivity contribution in [1.82, 2.24) is 0 Å². The SMILES string of the molecule is [CH2]c1ccc(N2CCOCC2)cc1F. The highest BCUT2D eigenvalue weighted by atomic mass is 19.1. The van der Waals surface area contributed by atoms with Crippen LogP contribution in [0.15, 0.2) is 18.2 Å². The van der Waals surface area contributed by atoms with E-state index in [0.29, 0.717) is 18.8 Å². The van der Waals surface area contributed by atoms with E-state index in [-0.39, 0.29) is 5.82 Å². The molecule has 1 aliphatic heterocycles. The number of rotatable bonds is 1. The second-order valence-corrected chi connectivity index (χ2v) is 3.38. The average Bonchev–Trinajstić information content (AvgIpc) is 2.23. The standard InChI is InChI=1S/C11H13FNO/c1-9-2-3-10(8-11(9)12)13-4-6-14-7-5-13/h2-3,8H,1,4-7H2. The van der Waals surface area contributed by atoms with Crippen molar-refractivity contribution in [3.8, 4) is 0 Å². The second kappa shape index (κ2) is 3.96. The van der Waals surface area contributed by atoms with Gasteiger partial charge in [0.15, 0.2) is 0 Å². The molecule has 1 radical (unpaired) electrons. The zero-order chi connectivity index (χ0) is 9.97. The van der Waals surface area contributed by atoms with Crippen LogP contribution in [0.3, 0.4) is 0 Å². The van der Waals surface area contributed by atoms with Crippen molar-refractivity contribution in [1.29, 1.82) is 0 Å². The Morgan fingerprint density at radius 1 is 1.29 bits per heavy atom. The van der Waals surface area contributed by atoms with Crippen LogP contribution in [-0.4, -0.2) is 26.3 Å². The van der Waals surface area contributed by atoms with Crippen molar-refractivity contribution in [2.45, 2.75) is 0 Å². The first-order valence-electron chi connectivity index (χ1n) is 4.71. The monoisotopic (exact) mass is 194 g/mol. The van der Waals surface area contributed by atoms with Crippen LogP contribution < -0.4 is 4.90 Å². The zero-order valence-electron chi connectivity index (χ0n) is 8.00. The van der Waals surface area contributed by atoms with Gasteiger partial charge in [0.2, 0.25) is 0 Å².